The average molecular weight is 427 g/mol. The van der Waals surface area contributed by atoms with Crippen LogP contribution in [0.3, 0.4) is 0 Å². The minimum Gasteiger partial charge on any atom is -0.376 e. The van der Waals surface area contributed by atoms with Crippen LogP contribution in [0, 0.1) is 0 Å². The van der Waals surface area contributed by atoms with Crippen molar-refractivity contribution in [2.45, 2.75) is 52.4 Å². The van der Waals surface area contributed by atoms with Crippen molar-refractivity contribution in [3.05, 3.63) is 52.8 Å². The minimum atomic E-state index is 0.313. The highest BCUT2D eigenvalue weighted by Gasteiger charge is 2.17. The van der Waals surface area contributed by atoms with Gasteiger partial charge in [0.15, 0.2) is 5.96 Å². The molecule has 1 atom stereocenters. The molecule has 1 saturated heterocycles. The van der Waals surface area contributed by atoms with Crippen LogP contribution >= 0.6 is 0 Å². The highest BCUT2D eigenvalue weighted by Crippen LogP contribution is 2.18. The first-order chi connectivity index (χ1) is 14.9. The third-order valence-corrected chi connectivity index (χ3v) is 5.64. The lowest BCUT2D eigenvalue weighted by Gasteiger charge is -2.31. The number of hydrogen-bond donors (Lipinski definition) is 1. The molecular formula is C24H38N6O. The maximum Gasteiger partial charge on any atom is 0.193 e. The standard InChI is InChI=1S/C24H38N6O/c1-18(2)23-22(17-29(6)27-23)16-28(5)24(25-4)26-13-20-8-7-9-21(12-20)15-30-10-11-31-19(3)14-30/h7-9,12,17-19H,10-11,13-16H2,1-6H3,(H,25,26). The molecule has 1 unspecified atom stereocenters. The first kappa shape index (κ1) is 23.3. The molecule has 1 fully saturated rings. The van der Waals surface area contributed by atoms with Gasteiger partial charge >= 0.3 is 0 Å². The SMILES string of the molecule is CN=C(NCc1cccc(CN2CCOC(C)C2)c1)N(C)Cc1cn(C)nc1C(C)C. The Morgan fingerprint density at radius 3 is 2.84 bits per heavy atom. The van der Waals surface area contributed by atoms with Gasteiger partial charge in [0.1, 0.15) is 0 Å². The van der Waals surface area contributed by atoms with Crippen molar-refractivity contribution < 1.29 is 4.74 Å². The molecule has 0 amide bonds. The Bertz CT molecular complexity index is 875. The lowest BCUT2D eigenvalue weighted by molar-refractivity contribution is -0.0212. The van der Waals surface area contributed by atoms with Gasteiger partial charge < -0.3 is 15.0 Å². The van der Waals surface area contributed by atoms with Crippen LogP contribution < -0.4 is 5.32 Å². The number of nitrogens with zero attached hydrogens (tertiary/aromatic N) is 5. The zero-order valence-corrected chi connectivity index (χ0v) is 19.9. The summed E-state index contributed by atoms with van der Waals surface area (Å²) in [6.07, 6.45) is 2.42. The van der Waals surface area contributed by atoms with Crippen LogP contribution in [0.25, 0.3) is 0 Å². The van der Waals surface area contributed by atoms with E-state index in [0.717, 1.165) is 51.0 Å². The van der Waals surface area contributed by atoms with E-state index >= 15 is 0 Å². The predicted molar refractivity (Wildman–Crippen MR) is 126 cm³/mol. The molecule has 2 heterocycles. The van der Waals surface area contributed by atoms with Crippen LogP contribution in [0.2, 0.25) is 0 Å². The first-order valence-electron chi connectivity index (χ1n) is 11.2. The molecule has 7 heteroatoms. The molecule has 1 aliphatic rings. The van der Waals surface area contributed by atoms with E-state index in [9.17, 15) is 0 Å². The molecule has 2 aromatic rings. The van der Waals surface area contributed by atoms with Crippen LogP contribution in [-0.4, -0.2) is 65.4 Å². The average Bonchev–Trinajstić information content (AvgIpc) is 3.09. The summed E-state index contributed by atoms with van der Waals surface area (Å²) in [5, 5.41) is 8.14. The van der Waals surface area contributed by atoms with Gasteiger partial charge in [-0.25, -0.2) is 0 Å². The van der Waals surface area contributed by atoms with E-state index in [1.165, 1.54) is 16.7 Å². The lowest BCUT2D eigenvalue weighted by Crippen LogP contribution is -2.40. The number of rotatable bonds is 7. The number of morpholine rings is 1. The number of benzene rings is 1. The van der Waals surface area contributed by atoms with Crippen LogP contribution in [0.15, 0.2) is 35.5 Å². The minimum absolute atomic E-state index is 0.313. The molecular weight excluding hydrogens is 388 g/mol. The van der Waals surface area contributed by atoms with Gasteiger partial charge in [-0.3, -0.25) is 14.6 Å². The Morgan fingerprint density at radius 2 is 2.13 bits per heavy atom. The Balaban J connectivity index is 1.58. The number of nitrogens with one attached hydrogen (secondary N) is 1. The fourth-order valence-electron chi connectivity index (χ4n) is 4.19. The van der Waals surface area contributed by atoms with Gasteiger partial charge in [0, 0.05) is 65.6 Å². The maximum atomic E-state index is 5.66. The van der Waals surface area contributed by atoms with Crippen LogP contribution in [0.1, 0.15) is 49.1 Å². The van der Waals surface area contributed by atoms with E-state index in [2.05, 4.69) is 83.5 Å². The molecule has 0 aliphatic carbocycles. The molecule has 1 aromatic heterocycles. The summed E-state index contributed by atoms with van der Waals surface area (Å²) in [5.74, 6) is 1.28. The molecule has 1 aliphatic heterocycles. The van der Waals surface area contributed by atoms with E-state index in [0.29, 0.717) is 12.0 Å². The van der Waals surface area contributed by atoms with Crippen molar-refractivity contribution >= 4 is 5.96 Å². The molecule has 0 spiro atoms. The molecule has 7 nitrogen and oxygen atoms in total. The highest BCUT2D eigenvalue weighted by atomic mass is 16.5. The number of aromatic nitrogens is 2. The zero-order chi connectivity index (χ0) is 22.4. The largest absolute Gasteiger partial charge is 0.376 e. The molecule has 0 bridgehead atoms. The monoisotopic (exact) mass is 426 g/mol. The Kier molecular flexibility index (Phi) is 8.09. The molecule has 1 aromatic carbocycles. The Hall–Kier alpha value is -2.38. The van der Waals surface area contributed by atoms with E-state index < -0.39 is 0 Å². The van der Waals surface area contributed by atoms with Gasteiger partial charge in [-0.05, 0) is 24.0 Å². The zero-order valence-electron chi connectivity index (χ0n) is 19.9. The maximum absolute atomic E-state index is 5.66. The Labute approximate surface area is 187 Å². The number of ether oxygens (including phenoxy) is 1. The third-order valence-electron chi connectivity index (χ3n) is 5.64. The molecule has 0 saturated carbocycles. The number of hydrogen-bond acceptors (Lipinski definition) is 4. The van der Waals surface area contributed by atoms with Gasteiger partial charge in [0.2, 0.25) is 0 Å². The van der Waals surface area contributed by atoms with Gasteiger partial charge in [-0.1, -0.05) is 38.1 Å². The number of aliphatic imine (C=N–C) groups is 1. The van der Waals surface area contributed by atoms with Crippen molar-refractivity contribution in [3.63, 3.8) is 0 Å². The van der Waals surface area contributed by atoms with Crippen LogP contribution in [0.4, 0.5) is 0 Å². The Morgan fingerprint density at radius 1 is 1.35 bits per heavy atom. The highest BCUT2D eigenvalue weighted by molar-refractivity contribution is 5.79. The summed E-state index contributed by atoms with van der Waals surface area (Å²) in [4.78, 5) is 9.11. The van der Waals surface area contributed by atoms with Crippen LogP contribution in [-0.2, 0) is 31.4 Å². The van der Waals surface area contributed by atoms with Crippen molar-refractivity contribution in [2.75, 3.05) is 33.8 Å². The van der Waals surface area contributed by atoms with Crippen LogP contribution in [0.5, 0.6) is 0 Å². The molecule has 3 rings (SSSR count). The number of guanidine groups is 1. The molecule has 0 radical (unpaired) electrons. The summed E-state index contributed by atoms with van der Waals surface area (Å²) >= 11 is 0. The van der Waals surface area contributed by atoms with E-state index in [1.807, 2.05) is 18.8 Å². The first-order valence-corrected chi connectivity index (χ1v) is 11.2. The number of aryl methyl sites for hydroxylation is 1. The van der Waals surface area contributed by atoms with Crippen molar-refractivity contribution in [2.24, 2.45) is 12.0 Å². The quantitative estimate of drug-likeness (QED) is 0.545. The van der Waals surface area contributed by atoms with Gasteiger partial charge in [0.25, 0.3) is 0 Å². The van der Waals surface area contributed by atoms with E-state index in [-0.39, 0.29) is 0 Å². The van der Waals surface area contributed by atoms with Gasteiger partial charge in [0.05, 0.1) is 18.4 Å². The fourth-order valence-corrected chi connectivity index (χ4v) is 4.19. The second-order valence-electron chi connectivity index (χ2n) is 8.86. The summed E-state index contributed by atoms with van der Waals surface area (Å²) in [7, 11) is 5.89. The third kappa shape index (κ3) is 6.55. The van der Waals surface area contributed by atoms with Crippen molar-refractivity contribution in [3.8, 4) is 0 Å². The van der Waals surface area contributed by atoms with E-state index in [1.54, 1.807) is 0 Å². The summed E-state index contributed by atoms with van der Waals surface area (Å²) in [6.45, 7) is 11.8. The summed E-state index contributed by atoms with van der Waals surface area (Å²) in [6, 6.07) is 8.82. The van der Waals surface area contributed by atoms with Crippen molar-refractivity contribution in [1.29, 1.82) is 0 Å². The lowest BCUT2D eigenvalue weighted by atomic mass is 10.1. The second-order valence-corrected chi connectivity index (χ2v) is 8.86. The fraction of sp³-hybridized carbons (Fsp3) is 0.583. The smallest absolute Gasteiger partial charge is 0.193 e. The van der Waals surface area contributed by atoms with Gasteiger partial charge in [-0.15, -0.1) is 0 Å². The summed E-state index contributed by atoms with van der Waals surface area (Å²) < 4.78 is 7.56. The topological polar surface area (TPSA) is 57.9 Å². The van der Waals surface area contributed by atoms with Gasteiger partial charge in [-0.2, -0.15) is 5.10 Å². The molecule has 31 heavy (non-hydrogen) atoms. The van der Waals surface area contributed by atoms with E-state index in [4.69, 9.17) is 4.74 Å². The van der Waals surface area contributed by atoms with Crippen molar-refractivity contribution in [1.82, 2.24) is 24.9 Å². The predicted octanol–water partition coefficient (Wildman–Crippen LogP) is 2.97. The summed E-state index contributed by atoms with van der Waals surface area (Å²) in [5.41, 5.74) is 4.99. The normalized spacial score (nSPS) is 17.9. The second kappa shape index (κ2) is 10.8. The molecule has 1 N–H and O–H groups in total. The molecule has 170 valence electrons.